The van der Waals surface area contributed by atoms with E-state index in [4.69, 9.17) is 9.47 Å². The molecule has 0 saturated carbocycles. The van der Waals surface area contributed by atoms with E-state index in [0.717, 1.165) is 13.1 Å². The molecule has 1 aromatic rings. The Morgan fingerprint density at radius 3 is 2.52 bits per heavy atom. The molecule has 1 saturated heterocycles. The maximum Gasteiger partial charge on any atom is 0.251 e. The zero-order chi connectivity index (χ0) is 20.0. The Hall–Kier alpha value is -1.68. The van der Waals surface area contributed by atoms with E-state index in [9.17, 15) is 13.2 Å². The largest absolute Gasteiger partial charge is 0.495 e. The monoisotopic (exact) mass is 399 g/mol. The van der Waals surface area contributed by atoms with Crippen LogP contribution in [0.3, 0.4) is 0 Å². The molecule has 0 aliphatic carbocycles. The van der Waals surface area contributed by atoms with Gasteiger partial charge in [-0.05, 0) is 31.2 Å². The first-order valence-corrected chi connectivity index (χ1v) is 10.5. The Labute approximate surface area is 161 Å². The maximum atomic E-state index is 12.6. The molecule has 1 amide bonds. The Bertz CT molecular complexity index is 745. The number of amides is 1. The van der Waals surface area contributed by atoms with Crippen molar-refractivity contribution in [1.82, 2.24) is 14.9 Å². The minimum atomic E-state index is -3.74. The van der Waals surface area contributed by atoms with E-state index >= 15 is 0 Å². The van der Waals surface area contributed by atoms with Gasteiger partial charge < -0.3 is 14.8 Å². The van der Waals surface area contributed by atoms with Crippen molar-refractivity contribution < 1.29 is 22.7 Å². The third-order valence-electron chi connectivity index (χ3n) is 4.74. The first-order valence-electron chi connectivity index (χ1n) is 9.01. The number of nitrogens with zero attached hydrogens (tertiary/aromatic N) is 1. The van der Waals surface area contributed by atoms with Crippen molar-refractivity contribution >= 4 is 15.9 Å². The van der Waals surface area contributed by atoms with Gasteiger partial charge in [0.15, 0.2) is 0 Å². The molecule has 1 aliphatic rings. The van der Waals surface area contributed by atoms with Crippen LogP contribution in [0.5, 0.6) is 5.75 Å². The highest BCUT2D eigenvalue weighted by molar-refractivity contribution is 7.89. The molecular weight excluding hydrogens is 370 g/mol. The third-order valence-corrected chi connectivity index (χ3v) is 6.18. The molecule has 2 rings (SSSR count). The van der Waals surface area contributed by atoms with Gasteiger partial charge in [0, 0.05) is 31.2 Å². The molecule has 0 radical (unpaired) electrons. The predicted octanol–water partition coefficient (Wildman–Crippen LogP) is 0.690. The second kappa shape index (κ2) is 9.50. The van der Waals surface area contributed by atoms with Gasteiger partial charge in [0.05, 0.1) is 20.3 Å². The van der Waals surface area contributed by atoms with Crippen molar-refractivity contribution in [2.24, 2.45) is 5.92 Å². The van der Waals surface area contributed by atoms with Crippen LogP contribution in [-0.4, -0.2) is 72.3 Å². The van der Waals surface area contributed by atoms with E-state index in [0.29, 0.717) is 25.7 Å². The Morgan fingerprint density at radius 1 is 1.30 bits per heavy atom. The standard InChI is InChI=1S/C18H29N3O5S/c1-13(2)15(21-7-9-26-10-8-21)12-20-18(22)14-5-6-16(25-4)17(11-14)27(23,24)19-3/h5-6,11,13,15,19H,7-10,12H2,1-4H3,(H,20,22). The molecule has 1 aromatic carbocycles. The fraction of sp³-hybridized carbons (Fsp3) is 0.611. The summed E-state index contributed by atoms with van der Waals surface area (Å²) < 4.78 is 37.1. The van der Waals surface area contributed by atoms with Crippen molar-refractivity contribution in [3.8, 4) is 5.75 Å². The molecule has 2 N–H and O–H groups in total. The summed E-state index contributed by atoms with van der Waals surface area (Å²) in [4.78, 5) is 14.9. The number of carbonyl (C=O) groups excluding carboxylic acids is 1. The molecule has 1 atom stereocenters. The molecule has 0 aromatic heterocycles. The number of hydrogen-bond donors (Lipinski definition) is 2. The van der Waals surface area contributed by atoms with Gasteiger partial charge in [-0.15, -0.1) is 0 Å². The summed E-state index contributed by atoms with van der Waals surface area (Å²) >= 11 is 0. The van der Waals surface area contributed by atoms with Gasteiger partial charge in [0.2, 0.25) is 10.0 Å². The van der Waals surface area contributed by atoms with Crippen molar-refractivity contribution in [2.45, 2.75) is 24.8 Å². The molecule has 1 aliphatic heterocycles. The number of rotatable bonds is 8. The third kappa shape index (κ3) is 5.41. The number of methoxy groups -OCH3 is 1. The van der Waals surface area contributed by atoms with E-state index in [1.807, 2.05) is 0 Å². The van der Waals surface area contributed by atoms with Crippen LogP contribution < -0.4 is 14.8 Å². The molecular formula is C18H29N3O5S. The Morgan fingerprint density at radius 2 is 1.96 bits per heavy atom. The van der Waals surface area contributed by atoms with Crippen LogP contribution in [0, 0.1) is 5.92 Å². The number of hydrogen-bond acceptors (Lipinski definition) is 6. The highest BCUT2D eigenvalue weighted by Gasteiger charge is 2.25. The second-order valence-corrected chi connectivity index (χ2v) is 8.60. The number of morpholine rings is 1. The number of nitrogens with one attached hydrogen (secondary N) is 2. The summed E-state index contributed by atoms with van der Waals surface area (Å²) in [5.74, 6) is 0.234. The highest BCUT2D eigenvalue weighted by Crippen LogP contribution is 2.24. The van der Waals surface area contributed by atoms with Crippen molar-refractivity contribution in [2.75, 3.05) is 47.0 Å². The van der Waals surface area contributed by atoms with E-state index in [2.05, 4.69) is 28.8 Å². The lowest BCUT2D eigenvalue weighted by Crippen LogP contribution is -2.51. The van der Waals surface area contributed by atoms with E-state index < -0.39 is 10.0 Å². The van der Waals surface area contributed by atoms with Crippen LogP contribution >= 0.6 is 0 Å². The van der Waals surface area contributed by atoms with Crippen LogP contribution in [0.15, 0.2) is 23.1 Å². The van der Waals surface area contributed by atoms with Crippen molar-refractivity contribution in [1.29, 1.82) is 0 Å². The quantitative estimate of drug-likeness (QED) is 0.668. The first kappa shape index (κ1) is 21.6. The summed E-state index contributed by atoms with van der Waals surface area (Å²) in [5, 5.41) is 2.93. The molecule has 27 heavy (non-hydrogen) atoms. The van der Waals surface area contributed by atoms with Gasteiger partial charge in [-0.1, -0.05) is 13.8 Å². The fourth-order valence-electron chi connectivity index (χ4n) is 3.13. The zero-order valence-electron chi connectivity index (χ0n) is 16.3. The number of sulfonamides is 1. The summed E-state index contributed by atoms with van der Waals surface area (Å²) in [6.45, 7) is 7.80. The number of ether oxygens (including phenoxy) is 2. The minimum absolute atomic E-state index is 0.0614. The first-order chi connectivity index (χ1) is 12.8. The smallest absolute Gasteiger partial charge is 0.251 e. The van der Waals surface area contributed by atoms with Gasteiger partial charge in [-0.3, -0.25) is 9.69 Å². The van der Waals surface area contributed by atoms with Gasteiger partial charge in [-0.2, -0.15) is 0 Å². The second-order valence-electron chi connectivity index (χ2n) is 6.74. The molecule has 152 valence electrons. The Kier molecular flexibility index (Phi) is 7.60. The predicted molar refractivity (Wildman–Crippen MR) is 103 cm³/mol. The number of carbonyl (C=O) groups is 1. The summed E-state index contributed by atoms with van der Waals surface area (Å²) in [5.41, 5.74) is 0.272. The normalized spacial score (nSPS) is 16.9. The summed E-state index contributed by atoms with van der Waals surface area (Å²) in [6.07, 6.45) is 0. The SMILES string of the molecule is CNS(=O)(=O)c1cc(C(=O)NCC(C(C)C)N2CCOCC2)ccc1OC. The molecule has 0 bridgehead atoms. The van der Waals surface area contributed by atoms with Crippen LogP contribution in [0.1, 0.15) is 24.2 Å². The van der Waals surface area contributed by atoms with Crippen LogP contribution in [-0.2, 0) is 14.8 Å². The minimum Gasteiger partial charge on any atom is -0.495 e. The molecule has 8 nitrogen and oxygen atoms in total. The summed E-state index contributed by atoms with van der Waals surface area (Å²) in [7, 11) is -1.03. The highest BCUT2D eigenvalue weighted by atomic mass is 32.2. The molecule has 0 spiro atoms. The molecule has 9 heteroatoms. The van der Waals surface area contributed by atoms with E-state index in [1.54, 1.807) is 6.07 Å². The van der Waals surface area contributed by atoms with Gasteiger partial charge in [0.1, 0.15) is 10.6 Å². The van der Waals surface area contributed by atoms with Crippen LogP contribution in [0.4, 0.5) is 0 Å². The summed E-state index contributed by atoms with van der Waals surface area (Å²) in [6, 6.07) is 4.57. The lowest BCUT2D eigenvalue weighted by atomic mass is 10.0. The van der Waals surface area contributed by atoms with Crippen molar-refractivity contribution in [3.63, 3.8) is 0 Å². The number of benzene rings is 1. The lowest BCUT2D eigenvalue weighted by molar-refractivity contribution is 0.00672. The van der Waals surface area contributed by atoms with Crippen LogP contribution in [0.2, 0.25) is 0 Å². The Balaban J connectivity index is 2.14. The van der Waals surface area contributed by atoms with Gasteiger partial charge >= 0.3 is 0 Å². The average molecular weight is 400 g/mol. The lowest BCUT2D eigenvalue weighted by Gasteiger charge is -2.36. The van der Waals surface area contributed by atoms with Gasteiger partial charge in [0.25, 0.3) is 5.91 Å². The maximum absolute atomic E-state index is 12.6. The average Bonchev–Trinajstić information content (AvgIpc) is 2.68. The fourth-order valence-corrected chi connectivity index (χ4v) is 4.05. The van der Waals surface area contributed by atoms with E-state index in [-0.39, 0.29) is 28.2 Å². The van der Waals surface area contributed by atoms with Crippen molar-refractivity contribution in [3.05, 3.63) is 23.8 Å². The molecule has 1 unspecified atom stereocenters. The molecule has 1 heterocycles. The molecule has 1 fully saturated rings. The topological polar surface area (TPSA) is 97.0 Å². The van der Waals surface area contributed by atoms with E-state index in [1.165, 1.54) is 26.3 Å². The zero-order valence-corrected chi connectivity index (χ0v) is 17.1. The van der Waals surface area contributed by atoms with Crippen LogP contribution in [0.25, 0.3) is 0 Å². The van der Waals surface area contributed by atoms with Gasteiger partial charge in [-0.25, -0.2) is 13.1 Å².